The summed E-state index contributed by atoms with van der Waals surface area (Å²) in [5.74, 6) is 0.706. The second-order valence-electron chi connectivity index (χ2n) is 5.20. The second kappa shape index (κ2) is 5.89. The molecule has 0 saturated heterocycles. The third kappa shape index (κ3) is 3.27. The number of methoxy groups -OCH3 is 1. The molecule has 3 aromatic rings. The Kier molecular flexibility index (Phi) is 3.92. The molecule has 0 aliphatic rings. The summed E-state index contributed by atoms with van der Waals surface area (Å²) >= 11 is 0. The number of hydrogen-bond donors (Lipinski definition) is 1. The van der Waals surface area contributed by atoms with Crippen molar-refractivity contribution in [1.29, 1.82) is 0 Å². The highest BCUT2D eigenvalue weighted by molar-refractivity contribution is 7.92. The summed E-state index contributed by atoms with van der Waals surface area (Å²) < 4.78 is 32.5. The molecule has 6 heteroatoms. The molecule has 3 rings (SSSR count). The number of anilines is 1. The van der Waals surface area contributed by atoms with Gasteiger partial charge in [0.15, 0.2) is 0 Å². The molecule has 23 heavy (non-hydrogen) atoms. The summed E-state index contributed by atoms with van der Waals surface area (Å²) in [5.41, 5.74) is 2.16. The van der Waals surface area contributed by atoms with Crippen molar-refractivity contribution in [1.82, 2.24) is 4.98 Å². The maximum absolute atomic E-state index is 12.4. The van der Waals surface area contributed by atoms with Crippen molar-refractivity contribution in [2.75, 3.05) is 11.8 Å². The van der Waals surface area contributed by atoms with E-state index in [1.165, 1.54) is 6.20 Å². The Hall–Kier alpha value is -2.60. The molecule has 0 unspecified atom stereocenters. The summed E-state index contributed by atoms with van der Waals surface area (Å²) in [7, 11) is -2.04. The van der Waals surface area contributed by atoms with Gasteiger partial charge in [-0.1, -0.05) is 17.7 Å². The van der Waals surface area contributed by atoms with Gasteiger partial charge in [-0.2, -0.15) is 0 Å². The van der Waals surface area contributed by atoms with E-state index in [0.717, 1.165) is 16.5 Å². The summed E-state index contributed by atoms with van der Waals surface area (Å²) in [6.45, 7) is 1.91. The molecule has 1 N–H and O–H groups in total. The lowest BCUT2D eigenvalue weighted by atomic mass is 10.2. The highest BCUT2D eigenvalue weighted by Gasteiger charge is 2.14. The number of sulfonamides is 1. The highest BCUT2D eigenvalue weighted by Crippen LogP contribution is 2.23. The van der Waals surface area contributed by atoms with Gasteiger partial charge in [0, 0.05) is 11.5 Å². The number of benzene rings is 2. The van der Waals surface area contributed by atoms with Crippen LogP contribution in [0.4, 0.5) is 5.69 Å². The monoisotopic (exact) mass is 328 g/mol. The van der Waals surface area contributed by atoms with E-state index in [0.29, 0.717) is 11.4 Å². The van der Waals surface area contributed by atoms with Crippen LogP contribution in [0.2, 0.25) is 0 Å². The van der Waals surface area contributed by atoms with Gasteiger partial charge in [-0.25, -0.2) is 8.42 Å². The molecule has 118 valence electrons. The molecule has 0 spiro atoms. The summed E-state index contributed by atoms with van der Waals surface area (Å²) in [4.78, 5) is 4.50. The Morgan fingerprint density at radius 1 is 1.04 bits per heavy atom. The summed E-state index contributed by atoms with van der Waals surface area (Å²) in [6, 6.07) is 13.9. The maximum atomic E-state index is 12.4. The van der Waals surface area contributed by atoms with E-state index in [9.17, 15) is 8.42 Å². The Morgan fingerprint density at radius 3 is 2.48 bits per heavy atom. The topological polar surface area (TPSA) is 68.3 Å². The van der Waals surface area contributed by atoms with E-state index in [1.807, 2.05) is 19.1 Å². The van der Waals surface area contributed by atoms with Gasteiger partial charge in [0.2, 0.25) is 0 Å². The van der Waals surface area contributed by atoms with Crippen molar-refractivity contribution in [2.24, 2.45) is 0 Å². The Bertz CT molecular complexity index is 951. The van der Waals surface area contributed by atoms with Gasteiger partial charge in [0.25, 0.3) is 10.0 Å². The van der Waals surface area contributed by atoms with Crippen molar-refractivity contribution in [2.45, 2.75) is 11.8 Å². The molecule has 0 aliphatic heterocycles. The van der Waals surface area contributed by atoms with Gasteiger partial charge in [-0.3, -0.25) is 9.71 Å². The van der Waals surface area contributed by atoms with Gasteiger partial charge in [-0.05, 0) is 37.3 Å². The Balaban J connectivity index is 1.93. The van der Waals surface area contributed by atoms with E-state index in [-0.39, 0.29) is 4.90 Å². The Labute approximate surface area is 135 Å². The number of pyridine rings is 1. The number of ether oxygens (including phenoxy) is 1. The molecular formula is C17H16N2O3S. The molecule has 0 fully saturated rings. The normalized spacial score (nSPS) is 11.4. The minimum atomic E-state index is -3.63. The summed E-state index contributed by atoms with van der Waals surface area (Å²) in [5, 5.41) is 0.829. The molecule has 0 aliphatic carbocycles. The summed E-state index contributed by atoms with van der Waals surface area (Å²) in [6.07, 6.45) is 1.49. The van der Waals surface area contributed by atoms with Crippen LogP contribution in [0.25, 0.3) is 10.9 Å². The van der Waals surface area contributed by atoms with Crippen LogP contribution in [0.15, 0.2) is 59.6 Å². The lowest BCUT2D eigenvalue weighted by Crippen LogP contribution is -2.13. The zero-order valence-electron chi connectivity index (χ0n) is 12.8. The third-order valence-electron chi connectivity index (χ3n) is 3.47. The maximum Gasteiger partial charge on any atom is 0.261 e. The molecule has 0 radical (unpaired) electrons. The number of aryl methyl sites for hydroxylation is 1. The van der Waals surface area contributed by atoms with E-state index < -0.39 is 10.0 Å². The fourth-order valence-electron chi connectivity index (χ4n) is 2.22. The van der Waals surface area contributed by atoms with Crippen molar-refractivity contribution >= 4 is 26.6 Å². The number of hydrogen-bond acceptors (Lipinski definition) is 4. The largest absolute Gasteiger partial charge is 0.497 e. The molecule has 1 heterocycles. The van der Waals surface area contributed by atoms with Crippen LogP contribution in [0.5, 0.6) is 5.75 Å². The number of fused-ring (bicyclic) bond motifs is 1. The quantitative estimate of drug-likeness (QED) is 0.797. The fraction of sp³-hybridized carbons (Fsp3) is 0.118. The Morgan fingerprint density at radius 2 is 1.78 bits per heavy atom. The molecular weight excluding hydrogens is 312 g/mol. The van der Waals surface area contributed by atoms with Crippen molar-refractivity contribution < 1.29 is 13.2 Å². The van der Waals surface area contributed by atoms with Gasteiger partial charge in [0.1, 0.15) is 5.75 Å². The zero-order valence-corrected chi connectivity index (χ0v) is 13.6. The van der Waals surface area contributed by atoms with Crippen molar-refractivity contribution in [3.8, 4) is 5.75 Å². The standard InChI is InChI=1S/C17H16N2O3S/c1-12-3-7-16(8-4-12)23(20,21)19-14-9-13-5-6-15(22-2)10-17(13)18-11-14/h3-11,19H,1-2H3. The van der Waals surface area contributed by atoms with Gasteiger partial charge in [0.05, 0.1) is 29.4 Å². The minimum absolute atomic E-state index is 0.220. The number of aromatic nitrogens is 1. The average molecular weight is 328 g/mol. The van der Waals surface area contributed by atoms with Gasteiger partial charge >= 0.3 is 0 Å². The SMILES string of the molecule is COc1ccc2cc(NS(=O)(=O)c3ccc(C)cc3)cnc2c1. The molecule has 0 atom stereocenters. The minimum Gasteiger partial charge on any atom is -0.497 e. The van der Waals surface area contributed by atoms with E-state index >= 15 is 0 Å². The van der Waals surface area contributed by atoms with E-state index in [2.05, 4.69) is 9.71 Å². The van der Waals surface area contributed by atoms with Crippen LogP contribution >= 0.6 is 0 Å². The second-order valence-corrected chi connectivity index (χ2v) is 6.88. The third-order valence-corrected chi connectivity index (χ3v) is 4.87. The first-order valence-corrected chi connectivity index (χ1v) is 8.49. The van der Waals surface area contributed by atoms with Crippen LogP contribution in [-0.4, -0.2) is 20.5 Å². The molecule has 5 nitrogen and oxygen atoms in total. The highest BCUT2D eigenvalue weighted by atomic mass is 32.2. The first-order valence-electron chi connectivity index (χ1n) is 7.01. The van der Waals surface area contributed by atoms with Crippen molar-refractivity contribution in [3.63, 3.8) is 0 Å². The predicted molar refractivity (Wildman–Crippen MR) is 90.3 cm³/mol. The zero-order chi connectivity index (χ0) is 16.4. The predicted octanol–water partition coefficient (Wildman–Crippen LogP) is 3.35. The molecule has 2 aromatic carbocycles. The van der Waals surface area contributed by atoms with Gasteiger partial charge < -0.3 is 4.74 Å². The first kappa shape index (κ1) is 15.3. The number of nitrogens with one attached hydrogen (secondary N) is 1. The first-order chi connectivity index (χ1) is 11.0. The number of rotatable bonds is 4. The molecule has 0 saturated carbocycles. The lowest BCUT2D eigenvalue weighted by molar-refractivity contribution is 0.415. The van der Waals surface area contributed by atoms with E-state index in [4.69, 9.17) is 4.74 Å². The van der Waals surface area contributed by atoms with E-state index in [1.54, 1.807) is 43.5 Å². The van der Waals surface area contributed by atoms with Gasteiger partial charge in [-0.15, -0.1) is 0 Å². The van der Waals surface area contributed by atoms with Crippen molar-refractivity contribution in [3.05, 3.63) is 60.3 Å². The van der Waals surface area contributed by atoms with Crippen LogP contribution in [0, 0.1) is 6.92 Å². The van der Waals surface area contributed by atoms with Crippen LogP contribution in [-0.2, 0) is 10.0 Å². The van der Waals surface area contributed by atoms with Crippen LogP contribution in [0.3, 0.4) is 0 Å². The number of nitrogens with zero attached hydrogens (tertiary/aromatic N) is 1. The van der Waals surface area contributed by atoms with Crippen LogP contribution < -0.4 is 9.46 Å². The van der Waals surface area contributed by atoms with Crippen LogP contribution in [0.1, 0.15) is 5.56 Å². The fourth-order valence-corrected chi connectivity index (χ4v) is 3.25. The average Bonchev–Trinajstić information content (AvgIpc) is 2.54. The molecule has 0 amide bonds. The lowest BCUT2D eigenvalue weighted by Gasteiger charge is -2.09. The molecule has 1 aromatic heterocycles. The smallest absolute Gasteiger partial charge is 0.261 e. The molecule has 0 bridgehead atoms.